The van der Waals surface area contributed by atoms with E-state index in [1.54, 1.807) is 11.3 Å². The molecule has 0 saturated heterocycles. The fraction of sp³-hybridized carbons (Fsp3) is 0.455. The van der Waals surface area contributed by atoms with Crippen molar-refractivity contribution in [2.24, 2.45) is 5.73 Å². The van der Waals surface area contributed by atoms with E-state index >= 15 is 0 Å². The fourth-order valence-corrected chi connectivity index (χ4v) is 1.95. The average molecular weight is 253 g/mol. The molecule has 1 atom stereocenters. The lowest BCUT2D eigenvalue weighted by atomic mass is 10.3. The maximum absolute atomic E-state index is 5.90. The molecule has 0 aliphatic rings. The molecule has 0 aliphatic carbocycles. The van der Waals surface area contributed by atoms with Gasteiger partial charge in [0, 0.05) is 12.0 Å². The molecule has 0 saturated carbocycles. The number of rotatable bonds is 6. The van der Waals surface area contributed by atoms with E-state index < -0.39 is 0 Å². The molecule has 0 aliphatic heterocycles. The average Bonchev–Trinajstić information content (AvgIpc) is 3.00. The minimum Gasteiger partial charge on any atom is -0.379 e. The van der Waals surface area contributed by atoms with Crippen molar-refractivity contribution in [3.05, 3.63) is 22.7 Å². The van der Waals surface area contributed by atoms with Crippen molar-refractivity contribution in [3.8, 4) is 11.5 Å². The number of hydrogen-bond acceptors (Lipinski definition) is 6. The summed E-state index contributed by atoms with van der Waals surface area (Å²) in [5.74, 6) is 0.995. The molecular formula is C11H15N3O2S. The third kappa shape index (κ3) is 3.12. The van der Waals surface area contributed by atoms with E-state index in [2.05, 4.69) is 17.1 Å². The Morgan fingerprint density at radius 1 is 1.59 bits per heavy atom. The Hall–Kier alpha value is -1.24. The van der Waals surface area contributed by atoms with Crippen LogP contribution in [0.1, 0.15) is 25.2 Å². The second-order valence-corrected chi connectivity index (χ2v) is 4.43. The van der Waals surface area contributed by atoms with Crippen LogP contribution in [0.2, 0.25) is 0 Å². The monoisotopic (exact) mass is 253 g/mol. The molecule has 5 nitrogen and oxygen atoms in total. The van der Waals surface area contributed by atoms with Gasteiger partial charge in [0.25, 0.3) is 5.89 Å². The normalized spacial score (nSPS) is 12.8. The van der Waals surface area contributed by atoms with Gasteiger partial charge < -0.3 is 15.0 Å². The minimum absolute atomic E-state index is 0.335. The molecule has 0 bridgehead atoms. The highest BCUT2D eigenvalue weighted by atomic mass is 32.1. The molecule has 2 N–H and O–H groups in total. The summed E-state index contributed by atoms with van der Waals surface area (Å²) in [7, 11) is 0. The third-order valence-electron chi connectivity index (χ3n) is 2.19. The van der Waals surface area contributed by atoms with Crippen LogP contribution in [0.5, 0.6) is 0 Å². The lowest BCUT2D eigenvalue weighted by Gasteiger charge is -2.06. The lowest BCUT2D eigenvalue weighted by Crippen LogP contribution is -2.18. The molecule has 2 aromatic rings. The summed E-state index contributed by atoms with van der Waals surface area (Å²) in [6.45, 7) is 3.16. The van der Waals surface area contributed by atoms with Crippen LogP contribution in [0, 0.1) is 0 Å². The van der Waals surface area contributed by atoms with Crippen molar-refractivity contribution in [1.29, 1.82) is 0 Å². The number of thiophene rings is 1. The Bertz CT molecular complexity index is 441. The molecule has 92 valence electrons. The Balaban J connectivity index is 1.98. The van der Waals surface area contributed by atoms with Gasteiger partial charge in [-0.1, -0.05) is 12.1 Å². The topological polar surface area (TPSA) is 74.2 Å². The highest BCUT2D eigenvalue weighted by Crippen LogP contribution is 2.21. The third-order valence-corrected chi connectivity index (χ3v) is 2.87. The molecule has 0 radical (unpaired) electrons. The molecule has 0 aromatic carbocycles. The molecule has 0 amide bonds. The van der Waals surface area contributed by atoms with Crippen molar-refractivity contribution in [2.45, 2.75) is 19.4 Å². The van der Waals surface area contributed by atoms with Gasteiger partial charge in [-0.2, -0.15) is 16.3 Å². The molecule has 17 heavy (non-hydrogen) atoms. The van der Waals surface area contributed by atoms with E-state index in [0.29, 0.717) is 24.9 Å². The molecule has 2 rings (SSSR count). The van der Waals surface area contributed by atoms with E-state index in [4.69, 9.17) is 15.0 Å². The predicted octanol–water partition coefficient (Wildman–Crippen LogP) is 2.22. The first-order valence-electron chi connectivity index (χ1n) is 5.50. The first-order valence-corrected chi connectivity index (χ1v) is 6.45. The van der Waals surface area contributed by atoms with Crippen LogP contribution >= 0.6 is 11.3 Å². The van der Waals surface area contributed by atoms with Crippen molar-refractivity contribution < 1.29 is 9.26 Å². The summed E-state index contributed by atoms with van der Waals surface area (Å²) >= 11 is 1.59. The first kappa shape index (κ1) is 12.2. The van der Waals surface area contributed by atoms with Gasteiger partial charge in [-0.15, -0.1) is 0 Å². The van der Waals surface area contributed by atoms with Crippen LogP contribution in [0.25, 0.3) is 11.5 Å². The van der Waals surface area contributed by atoms with Crippen LogP contribution < -0.4 is 5.73 Å². The van der Waals surface area contributed by atoms with Crippen molar-refractivity contribution in [3.63, 3.8) is 0 Å². The van der Waals surface area contributed by atoms with Crippen LogP contribution in [0.3, 0.4) is 0 Å². The van der Waals surface area contributed by atoms with Crippen LogP contribution in [0.4, 0.5) is 0 Å². The molecule has 0 fully saturated rings. The maximum atomic E-state index is 5.90. The molecule has 6 heteroatoms. The molecule has 1 unspecified atom stereocenters. The summed E-state index contributed by atoms with van der Waals surface area (Å²) < 4.78 is 10.5. The van der Waals surface area contributed by atoms with Gasteiger partial charge in [-0.3, -0.25) is 0 Å². The highest BCUT2D eigenvalue weighted by Gasteiger charge is 2.15. The van der Waals surface area contributed by atoms with Gasteiger partial charge in [0.2, 0.25) is 0 Å². The second kappa shape index (κ2) is 5.90. The largest absolute Gasteiger partial charge is 0.379 e. The number of aromatic nitrogens is 2. The SMILES string of the molecule is CCCOCC(N)c1noc(-c2ccsc2)n1. The Labute approximate surface area is 104 Å². The summed E-state index contributed by atoms with van der Waals surface area (Å²) in [6.07, 6.45) is 0.971. The van der Waals surface area contributed by atoms with Gasteiger partial charge in [-0.05, 0) is 17.9 Å². The lowest BCUT2D eigenvalue weighted by molar-refractivity contribution is 0.119. The number of nitrogens with zero attached hydrogens (tertiary/aromatic N) is 2. The highest BCUT2D eigenvalue weighted by molar-refractivity contribution is 7.08. The summed E-state index contributed by atoms with van der Waals surface area (Å²) in [5, 5.41) is 7.78. The van der Waals surface area contributed by atoms with Crippen LogP contribution in [0.15, 0.2) is 21.3 Å². The van der Waals surface area contributed by atoms with Crippen molar-refractivity contribution in [1.82, 2.24) is 10.1 Å². The van der Waals surface area contributed by atoms with Crippen molar-refractivity contribution >= 4 is 11.3 Å². The predicted molar refractivity (Wildman–Crippen MR) is 65.6 cm³/mol. The zero-order chi connectivity index (χ0) is 12.1. The zero-order valence-corrected chi connectivity index (χ0v) is 10.4. The quantitative estimate of drug-likeness (QED) is 0.799. The van der Waals surface area contributed by atoms with Gasteiger partial charge >= 0.3 is 0 Å². The van der Waals surface area contributed by atoms with Crippen LogP contribution in [-0.4, -0.2) is 23.4 Å². The Morgan fingerprint density at radius 3 is 3.18 bits per heavy atom. The van der Waals surface area contributed by atoms with Crippen molar-refractivity contribution in [2.75, 3.05) is 13.2 Å². The Kier molecular flexibility index (Phi) is 4.24. The van der Waals surface area contributed by atoms with Gasteiger partial charge in [0.15, 0.2) is 5.82 Å². The van der Waals surface area contributed by atoms with E-state index in [1.165, 1.54) is 0 Å². The molecule has 2 aromatic heterocycles. The summed E-state index contributed by atoms with van der Waals surface area (Å²) in [5.41, 5.74) is 6.82. The van der Waals surface area contributed by atoms with E-state index in [0.717, 1.165) is 12.0 Å². The van der Waals surface area contributed by atoms with Gasteiger partial charge in [0.1, 0.15) is 0 Å². The van der Waals surface area contributed by atoms with E-state index in [9.17, 15) is 0 Å². The van der Waals surface area contributed by atoms with Crippen LogP contribution in [-0.2, 0) is 4.74 Å². The van der Waals surface area contributed by atoms with Gasteiger partial charge in [0.05, 0.1) is 18.2 Å². The summed E-state index contributed by atoms with van der Waals surface area (Å²) in [6, 6.07) is 1.60. The zero-order valence-electron chi connectivity index (χ0n) is 9.63. The smallest absolute Gasteiger partial charge is 0.258 e. The standard InChI is InChI=1S/C11H15N3O2S/c1-2-4-15-6-9(12)10-13-11(16-14-10)8-3-5-17-7-8/h3,5,7,9H,2,4,6,12H2,1H3. The molecular weight excluding hydrogens is 238 g/mol. The summed E-state index contributed by atoms with van der Waals surface area (Å²) in [4.78, 5) is 4.26. The number of ether oxygens (including phenoxy) is 1. The van der Waals surface area contributed by atoms with E-state index in [1.807, 2.05) is 16.8 Å². The fourth-order valence-electron chi connectivity index (χ4n) is 1.32. The van der Waals surface area contributed by atoms with Gasteiger partial charge in [-0.25, -0.2) is 0 Å². The molecule has 2 heterocycles. The Morgan fingerprint density at radius 2 is 2.47 bits per heavy atom. The first-order chi connectivity index (χ1) is 8.31. The second-order valence-electron chi connectivity index (χ2n) is 3.65. The number of hydrogen-bond donors (Lipinski definition) is 1. The minimum atomic E-state index is -0.335. The van der Waals surface area contributed by atoms with E-state index in [-0.39, 0.29) is 6.04 Å². The number of nitrogens with two attached hydrogens (primary N) is 1. The molecule has 0 spiro atoms. The maximum Gasteiger partial charge on any atom is 0.258 e.